The van der Waals surface area contributed by atoms with Crippen LogP contribution in [-0.2, 0) is 9.53 Å². The zero-order valence-electron chi connectivity index (χ0n) is 10.9. The van der Waals surface area contributed by atoms with Crippen LogP contribution in [0.4, 0.5) is 0 Å². The maximum atomic E-state index is 12.2. The monoisotopic (exact) mass is 240 g/mol. The number of hydrogen-bond acceptors (Lipinski definition) is 3. The van der Waals surface area contributed by atoms with Gasteiger partial charge in [0.2, 0.25) is 5.91 Å². The number of likely N-dealkylation sites (tertiary alicyclic amines) is 1. The van der Waals surface area contributed by atoms with Gasteiger partial charge in [0.1, 0.15) is 0 Å². The average Bonchev–Trinajstić information content (AvgIpc) is 2.70. The number of rotatable bonds is 4. The predicted molar refractivity (Wildman–Crippen MR) is 66.8 cm³/mol. The predicted octanol–water partition coefficient (Wildman–Crippen LogP) is 1.01. The number of amides is 1. The van der Waals surface area contributed by atoms with Crippen LogP contribution in [0.5, 0.6) is 0 Å². The molecule has 0 aromatic rings. The Labute approximate surface area is 104 Å². The van der Waals surface area contributed by atoms with Gasteiger partial charge in [0.05, 0.1) is 12.1 Å². The van der Waals surface area contributed by atoms with E-state index in [0.717, 1.165) is 45.5 Å². The lowest BCUT2D eigenvalue weighted by Gasteiger charge is -2.34. The summed E-state index contributed by atoms with van der Waals surface area (Å²) in [6.45, 7) is 7.69. The maximum Gasteiger partial charge on any atom is 0.239 e. The second-order valence-corrected chi connectivity index (χ2v) is 5.16. The van der Waals surface area contributed by atoms with Crippen LogP contribution in [0.2, 0.25) is 0 Å². The summed E-state index contributed by atoms with van der Waals surface area (Å²) < 4.78 is 5.56. The molecule has 0 aliphatic carbocycles. The summed E-state index contributed by atoms with van der Waals surface area (Å²) >= 11 is 0. The molecule has 2 fully saturated rings. The summed E-state index contributed by atoms with van der Waals surface area (Å²) in [5, 5.41) is 3.28. The molecular weight excluding hydrogens is 216 g/mol. The van der Waals surface area contributed by atoms with E-state index in [-0.39, 0.29) is 11.9 Å². The van der Waals surface area contributed by atoms with Crippen LogP contribution in [0.25, 0.3) is 0 Å². The van der Waals surface area contributed by atoms with Crippen LogP contribution in [0.3, 0.4) is 0 Å². The first kappa shape index (κ1) is 12.8. The third-order valence-electron chi connectivity index (χ3n) is 3.97. The van der Waals surface area contributed by atoms with Crippen molar-refractivity contribution in [2.75, 3.05) is 26.2 Å². The van der Waals surface area contributed by atoms with Crippen molar-refractivity contribution in [2.45, 2.75) is 45.3 Å². The first-order valence-corrected chi connectivity index (χ1v) is 6.86. The van der Waals surface area contributed by atoms with Crippen molar-refractivity contribution in [1.82, 2.24) is 10.2 Å². The third-order valence-corrected chi connectivity index (χ3v) is 3.97. The van der Waals surface area contributed by atoms with E-state index in [4.69, 9.17) is 4.74 Å². The van der Waals surface area contributed by atoms with Crippen molar-refractivity contribution in [3.05, 3.63) is 0 Å². The summed E-state index contributed by atoms with van der Waals surface area (Å²) in [4.78, 5) is 14.3. The molecule has 2 aliphatic rings. The Hall–Kier alpha value is -0.610. The average molecular weight is 240 g/mol. The number of carbonyl (C=O) groups is 1. The second-order valence-electron chi connectivity index (χ2n) is 5.16. The Kier molecular flexibility index (Phi) is 4.40. The number of carbonyl (C=O) groups excluding carboxylic acids is 1. The quantitative estimate of drug-likeness (QED) is 0.797. The normalized spacial score (nSPS) is 34.4. The lowest BCUT2D eigenvalue weighted by Crippen LogP contribution is -2.52. The van der Waals surface area contributed by atoms with Crippen LogP contribution in [-0.4, -0.2) is 49.2 Å². The lowest BCUT2D eigenvalue weighted by molar-refractivity contribution is -0.136. The van der Waals surface area contributed by atoms with Crippen molar-refractivity contribution >= 4 is 5.91 Å². The lowest BCUT2D eigenvalue weighted by atomic mass is 9.98. The summed E-state index contributed by atoms with van der Waals surface area (Å²) in [6, 6.07) is 0.0476. The molecule has 2 saturated heterocycles. The minimum Gasteiger partial charge on any atom is -0.378 e. The molecule has 0 aromatic heterocycles. The number of nitrogens with zero attached hydrogens (tertiary/aromatic N) is 1. The molecule has 0 aromatic carbocycles. The van der Waals surface area contributed by atoms with Crippen LogP contribution in [0.1, 0.15) is 33.1 Å². The Morgan fingerprint density at radius 2 is 2.29 bits per heavy atom. The molecule has 2 rings (SSSR count). The molecule has 2 heterocycles. The van der Waals surface area contributed by atoms with Crippen molar-refractivity contribution in [3.63, 3.8) is 0 Å². The third kappa shape index (κ3) is 2.99. The summed E-state index contributed by atoms with van der Waals surface area (Å²) in [5.74, 6) is 0.816. The van der Waals surface area contributed by atoms with Crippen molar-refractivity contribution in [2.24, 2.45) is 5.92 Å². The minimum atomic E-state index is 0.0476. The first-order valence-electron chi connectivity index (χ1n) is 6.86. The summed E-state index contributed by atoms with van der Waals surface area (Å²) in [6.07, 6.45) is 3.50. The van der Waals surface area contributed by atoms with Gasteiger partial charge in [-0.1, -0.05) is 6.92 Å². The highest BCUT2D eigenvalue weighted by Crippen LogP contribution is 2.23. The van der Waals surface area contributed by atoms with Gasteiger partial charge in [0.25, 0.3) is 0 Å². The van der Waals surface area contributed by atoms with Gasteiger partial charge in [-0.05, 0) is 32.7 Å². The van der Waals surface area contributed by atoms with Crippen molar-refractivity contribution in [3.8, 4) is 0 Å². The Balaban J connectivity index is 1.89. The van der Waals surface area contributed by atoms with Gasteiger partial charge < -0.3 is 15.0 Å². The van der Waals surface area contributed by atoms with E-state index in [1.807, 2.05) is 4.90 Å². The number of likely N-dealkylation sites (N-methyl/N-ethyl adjacent to an activating group) is 1. The van der Waals surface area contributed by atoms with E-state index in [0.29, 0.717) is 12.0 Å². The zero-order valence-corrected chi connectivity index (χ0v) is 10.9. The van der Waals surface area contributed by atoms with Crippen molar-refractivity contribution in [1.29, 1.82) is 0 Å². The molecule has 0 spiro atoms. The smallest absolute Gasteiger partial charge is 0.239 e. The Morgan fingerprint density at radius 1 is 1.47 bits per heavy atom. The highest BCUT2D eigenvalue weighted by atomic mass is 16.5. The first-order chi connectivity index (χ1) is 8.22. The zero-order chi connectivity index (χ0) is 12.3. The molecule has 3 atom stereocenters. The van der Waals surface area contributed by atoms with Crippen LogP contribution in [0, 0.1) is 5.92 Å². The van der Waals surface area contributed by atoms with E-state index in [9.17, 15) is 4.79 Å². The Bertz CT molecular complexity index is 268. The SMILES string of the molecule is CCNC1CCCN(CC2CCOC2C)C1=O. The van der Waals surface area contributed by atoms with Crippen LogP contribution >= 0.6 is 0 Å². The molecule has 98 valence electrons. The van der Waals surface area contributed by atoms with Gasteiger partial charge in [-0.25, -0.2) is 0 Å². The van der Waals surface area contributed by atoms with Crippen LogP contribution < -0.4 is 5.32 Å². The molecule has 1 amide bonds. The largest absolute Gasteiger partial charge is 0.378 e. The molecule has 1 N–H and O–H groups in total. The van der Waals surface area contributed by atoms with E-state index in [2.05, 4.69) is 19.2 Å². The van der Waals surface area contributed by atoms with E-state index >= 15 is 0 Å². The molecule has 4 nitrogen and oxygen atoms in total. The van der Waals surface area contributed by atoms with Crippen LogP contribution in [0.15, 0.2) is 0 Å². The topological polar surface area (TPSA) is 41.6 Å². The second kappa shape index (κ2) is 5.83. The van der Waals surface area contributed by atoms with Gasteiger partial charge >= 0.3 is 0 Å². The number of ether oxygens (including phenoxy) is 1. The van der Waals surface area contributed by atoms with Gasteiger partial charge in [0.15, 0.2) is 0 Å². The fraction of sp³-hybridized carbons (Fsp3) is 0.923. The number of hydrogen-bond donors (Lipinski definition) is 1. The molecule has 17 heavy (non-hydrogen) atoms. The van der Waals surface area contributed by atoms with E-state index < -0.39 is 0 Å². The molecule has 0 bridgehead atoms. The van der Waals surface area contributed by atoms with Crippen molar-refractivity contribution < 1.29 is 9.53 Å². The maximum absolute atomic E-state index is 12.2. The highest BCUT2D eigenvalue weighted by molar-refractivity contribution is 5.82. The molecule has 2 aliphatic heterocycles. The molecule has 3 unspecified atom stereocenters. The molecule has 0 radical (unpaired) electrons. The fourth-order valence-corrected chi connectivity index (χ4v) is 2.86. The highest BCUT2D eigenvalue weighted by Gasteiger charge is 2.32. The number of piperidine rings is 1. The molecule has 0 saturated carbocycles. The van der Waals surface area contributed by atoms with Gasteiger partial charge in [-0.3, -0.25) is 4.79 Å². The standard InChI is InChI=1S/C13H24N2O2/c1-3-14-12-5-4-7-15(13(12)16)9-11-6-8-17-10(11)2/h10-12,14H,3-9H2,1-2H3. The van der Waals surface area contributed by atoms with E-state index in [1.165, 1.54) is 0 Å². The minimum absolute atomic E-state index is 0.0476. The van der Waals surface area contributed by atoms with Gasteiger partial charge in [-0.15, -0.1) is 0 Å². The Morgan fingerprint density at radius 3 is 2.94 bits per heavy atom. The molecular formula is C13H24N2O2. The fourth-order valence-electron chi connectivity index (χ4n) is 2.86. The van der Waals surface area contributed by atoms with Gasteiger partial charge in [0, 0.05) is 25.6 Å². The van der Waals surface area contributed by atoms with Gasteiger partial charge in [-0.2, -0.15) is 0 Å². The van der Waals surface area contributed by atoms with E-state index in [1.54, 1.807) is 0 Å². The summed E-state index contributed by atoms with van der Waals surface area (Å²) in [5.41, 5.74) is 0. The molecule has 4 heteroatoms. The number of nitrogens with one attached hydrogen (secondary N) is 1. The summed E-state index contributed by atoms with van der Waals surface area (Å²) in [7, 11) is 0.